The van der Waals surface area contributed by atoms with Crippen LogP contribution in [0, 0.1) is 10.1 Å². The van der Waals surface area contributed by atoms with Crippen molar-refractivity contribution in [2.24, 2.45) is 0 Å². The van der Waals surface area contributed by atoms with Gasteiger partial charge in [0.2, 0.25) is 5.91 Å². The summed E-state index contributed by atoms with van der Waals surface area (Å²) in [5, 5.41) is 14.0. The van der Waals surface area contributed by atoms with E-state index >= 15 is 0 Å². The van der Waals surface area contributed by atoms with E-state index in [1.807, 2.05) is 0 Å². The van der Waals surface area contributed by atoms with Crippen molar-refractivity contribution < 1.29 is 18.1 Å². The van der Waals surface area contributed by atoms with Crippen molar-refractivity contribution in [3.63, 3.8) is 0 Å². The van der Waals surface area contributed by atoms with Gasteiger partial charge in [0.1, 0.15) is 6.54 Å². The highest BCUT2D eigenvalue weighted by Crippen LogP contribution is 2.29. The Hall–Kier alpha value is -3.72. The van der Waals surface area contributed by atoms with Crippen LogP contribution in [-0.2, 0) is 14.8 Å². The first-order valence-corrected chi connectivity index (χ1v) is 10.00. The number of carbonyl (C=O) groups is 1. The molecule has 9 heteroatoms. The Labute approximate surface area is 167 Å². The molecule has 0 aliphatic rings. The maximum Gasteiger partial charge on any atom is 0.289 e. The molecule has 0 saturated heterocycles. The van der Waals surface area contributed by atoms with Crippen molar-refractivity contribution in [3.05, 3.63) is 95.0 Å². The maximum atomic E-state index is 13.3. The summed E-state index contributed by atoms with van der Waals surface area (Å²) in [6.07, 6.45) is 0. The number of nitrogens with one attached hydrogen (secondary N) is 1. The van der Waals surface area contributed by atoms with Crippen LogP contribution in [0.3, 0.4) is 0 Å². The average Bonchev–Trinajstić information content (AvgIpc) is 2.73. The summed E-state index contributed by atoms with van der Waals surface area (Å²) in [6, 6.07) is 21.6. The fraction of sp³-hybridized carbons (Fsp3) is 0.0500. The van der Waals surface area contributed by atoms with E-state index in [0.29, 0.717) is 5.69 Å². The van der Waals surface area contributed by atoms with Crippen LogP contribution in [0.4, 0.5) is 17.1 Å². The lowest BCUT2D eigenvalue weighted by atomic mass is 10.3. The van der Waals surface area contributed by atoms with Gasteiger partial charge >= 0.3 is 0 Å². The molecule has 0 radical (unpaired) electrons. The number of amides is 1. The van der Waals surface area contributed by atoms with Gasteiger partial charge in [-0.2, -0.15) is 0 Å². The molecular formula is C20H17N3O5S. The van der Waals surface area contributed by atoms with Crippen LogP contribution >= 0.6 is 0 Å². The van der Waals surface area contributed by atoms with Crippen LogP contribution in [0.25, 0.3) is 0 Å². The monoisotopic (exact) mass is 411 g/mol. The second-order valence-corrected chi connectivity index (χ2v) is 7.82. The van der Waals surface area contributed by atoms with E-state index in [2.05, 4.69) is 5.32 Å². The molecule has 0 saturated carbocycles. The number of carbonyl (C=O) groups excluding carboxylic acids is 1. The normalized spacial score (nSPS) is 10.9. The van der Waals surface area contributed by atoms with Crippen molar-refractivity contribution in [2.45, 2.75) is 4.90 Å². The number of anilines is 2. The molecule has 148 valence electrons. The van der Waals surface area contributed by atoms with E-state index in [0.717, 1.165) is 16.4 Å². The fourth-order valence-electron chi connectivity index (χ4n) is 2.71. The number of hydrogen-bond acceptors (Lipinski definition) is 5. The summed E-state index contributed by atoms with van der Waals surface area (Å²) in [4.78, 5) is 22.6. The molecular weight excluding hydrogens is 394 g/mol. The van der Waals surface area contributed by atoms with Crippen molar-refractivity contribution in [3.8, 4) is 0 Å². The number of nitro benzene ring substituents is 1. The molecule has 3 rings (SSSR count). The largest absolute Gasteiger partial charge is 0.325 e. The van der Waals surface area contributed by atoms with Crippen molar-refractivity contribution in [1.82, 2.24) is 0 Å². The van der Waals surface area contributed by atoms with E-state index in [9.17, 15) is 23.3 Å². The SMILES string of the molecule is O=C(CN(c1ccccc1)S(=O)(=O)c1ccccc1[N+](=O)[O-])Nc1ccccc1. The van der Waals surface area contributed by atoms with Crippen LogP contribution in [0.1, 0.15) is 0 Å². The van der Waals surface area contributed by atoms with Gasteiger partial charge in [-0.1, -0.05) is 48.5 Å². The van der Waals surface area contributed by atoms with Gasteiger partial charge in [-0.05, 0) is 30.3 Å². The molecule has 3 aromatic carbocycles. The van der Waals surface area contributed by atoms with Gasteiger partial charge < -0.3 is 5.32 Å². The Balaban J connectivity index is 2.00. The van der Waals surface area contributed by atoms with E-state index in [1.165, 1.54) is 24.3 Å². The Morgan fingerprint density at radius 1 is 0.897 bits per heavy atom. The quantitative estimate of drug-likeness (QED) is 0.473. The second kappa shape index (κ2) is 8.53. The third kappa shape index (κ3) is 4.58. The molecule has 8 nitrogen and oxygen atoms in total. The van der Waals surface area contributed by atoms with Crippen LogP contribution in [0.15, 0.2) is 89.8 Å². The van der Waals surface area contributed by atoms with Gasteiger partial charge in [0.25, 0.3) is 15.7 Å². The average molecular weight is 411 g/mol. The zero-order valence-electron chi connectivity index (χ0n) is 15.1. The highest BCUT2D eigenvalue weighted by molar-refractivity contribution is 7.93. The summed E-state index contributed by atoms with van der Waals surface area (Å²) in [6.45, 7) is -0.548. The van der Waals surface area contributed by atoms with E-state index < -0.39 is 38.0 Å². The van der Waals surface area contributed by atoms with E-state index in [1.54, 1.807) is 48.5 Å². The number of hydrogen-bond donors (Lipinski definition) is 1. The molecule has 1 N–H and O–H groups in total. The first-order valence-electron chi connectivity index (χ1n) is 8.56. The van der Waals surface area contributed by atoms with Crippen molar-refractivity contribution >= 4 is 33.0 Å². The summed E-state index contributed by atoms with van der Waals surface area (Å²) in [5.41, 5.74) is 0.166. The molecule has 0 spiro atoms. The van der Waals surface area contributed by atoms with Crippen LogP contribution in [0.2, 0.25) is 0 Å². The van der Waals surface area contributed by atoms with Gasteiger partial charge in [-0.3, -0.25) is 19.2 Å². The smallest absolute Gasteiger partial charge is 0.289 e. The lowest BCUT2D eigenvalue weighted by molar-refractivity contribution is -0.387. The molecule has 0 aliphatic heterocycles. The zero-order chi connectivity index (χ0) is 20.9. The summed E-state index contributed by atoms with van der Waals surface area (Å²) < 4.78 is 27.4. The van der Waals surface area contributed by atoms with Crippen molar-refractivity contribution in [2.75, 3.05) is 16.2 Å². The van der Waals surface area contributed by atoms with Gasteiger partial charge in [0.05, 0.1) is 10.6 Å². The molecule has 0 aromatic heterocycles. The number of nitro groups is 1. The number of para-hydroxylation sites is 3. The Morgan fingerprint density at radius 3 is 2.07 bits per heavy atom. The fourth-order valence-corrected chi connectivity index (χ4v) is 4.29. The highest BCUT2D eigenvalue weighted by atomic mass is 32.2. The molecule has 29 heavy (non-hydrogen) atoms. The third-order valence-electron chi connectivity index (χ3n) is 4.02. The van der Waals surface area contributed by atoms with Crippen LogP contribution in [-0.4, -0.2) is 25.8 Å². The predicted molar refractivity (Wildman–Crippen MR) is 109 cm³/mol. The first kappa shape index (κ1) is 20.0. The lowest BCUT2D eigenvalue weighted by Crippen LogP contribution is -2.38. The van der Waals surface area contributed by atoms with Gasteiger partial charge in [0, 0.05) is 11.8 Å². The lowest BCUT2D eigenvalue weighted by Gasteiger charge is -2.24. The number of sulfonamides is 1. The summed E-state index contributed by atoms with van der Waals surface area (Å²) >= 11 is 0. The van der Waals surface area contributed by atoms with Crippen molar-refractivity contribution in [1.29, 1.82) is 0 Å². The van der Waals surface area contributed by atoms with Crippen LogP contribution in [0.5, 0.6) is 0 Å². The van der Waals surface area contributed by atoms with E-state index in [-0.39, 0.29) is 5.69 Å². The standard InChI is InChI=1S/C20H17N3O5S/c24-20(21-16-9-3-1-4-10-16)15-22(17-11-5-2-6-12-17)29(27,28)19-14-8-7-13-18(19)23(25)26/h1-14H,15H2,(H,21,24). The third-order valence-corrected chi connectivity index (χ3v) is 5.84. The molecule has 1 amide bonds. The molecule has 0 heterocycles. The van der Waals surface area contributed by atoms with Gasteiger partial charge in [0.15, 0.2) is 4.90 Å². The minimum absolute atomic E-state index is 0.217. The zero-order valence-corrected chi connectivity index (χ0v) is 16.0. The molecule has 0 fully saturated rings. The molecule has 0 unspecified atom stereocenters. The van der Waals surface area contributed by atoms with E-state index in [4.69, 9.17) is 0 Å². The molecule has 3 aromatic rings. The Morgan fingerprint density at radius 2 is 1.45 bits per heavy atom. The Kier molecular flexibility index (Phi) is 5.89. The summed E-state index contributed by atoms with van der Waals surface area (Å²) in [7, 11) is -4.39. The molecule has 0 atom stereocenters. The minimum Gasteiger partial charge on any atom is -0.325 e. The predicted octanol–water partition coefficient (Wildman–Crippen LogP) is 3.43. The summed E-state index contributed by atoms with van der Waals surface area (Å²) in [5.74, 6) is -0.581. The number of benzene rings is 3. The van der Waals surface area contributed by atoms with Crippen LogP contribution < -0.4 is 9.62 Å². The topological polar surface area (TPSA) is 110 Å². The minimum atomic E-state index is -4.39. The van der Waals surface area contributed by atoms with Gasteiger partial charge in [-0.25, -0.2) is 8.42 Å². The maximum absolute atomic E-state index is 13.3. The molecule has 0 bridgehead atoms. The van der Waals surface area contributed by atoms with Gasteiger partial charge in [-0.15, -0.1) is 0 Å². The second-order valence-electron chi connectivity index (χ2n) is 5.99. The first-order chi connectivity index (χ1) is 13.9. The highest BCUT2D eigenvalue weighted by Gasteiger charge is 2.33. The number of nitrogens with zero attached hydrogens (tertiary/aromatic N) is 2. The number of rotatable bonds is 7. The Bertz CT molecular complexity index is 1120. The molecule has 0 aliphatic carbocycles.